The van der Waals surface area contributed by atoms with Gasteiger partial charge >= 0.3 is 0 Å². The van der Waals surface area contributed by atoms with Crippen LogP contribution in [0.2, 0.25) is 0 Å². The molecule has 3 rings (SSSR count). The number of carbonyl (C=O) groups is 1. The molecule has 0 fully saturated rings. The van der Waals surface area contributed by atoms with E-state index in [4.69, 9.17) is 0 Å². The molecule has 0 aliphatic heterocycles. The van der Waals surface area contributed by atoms with E-state index in [1.807, 2.05) is 26.0 Å². The van der Waals surface area contributed by atoms with Crippen LogP contribution in [0, 0.1) is 13.8 Å². The molecule has 1 amide bonds. The van der Waals surface area contributed by atoms with E-state index in [-0.39, 0.29) is 17.1 Å². The summed E-state index contributed by atoms with van der Waals surface area (Å²) in [4.78, 5) is 21.6. The second-order valence-corrected chi connectivity index (χ2v) is 7.53. The molecular weight excluding hydrogens is 326 g/mol. The van der Waals surface area contributed by atoms with E-state index in [0.29, 0.717) is 16.8 Å². The maximum Gasteiger partial charge on any atom is 0.255 e. The van der Waals surface area contributed by atoms with Crippen LogP contribution in [0.15, 0.2) is 36.4 Å². The van der Waals surface area contributed by atoms with Gasteiger partial charge in [0.2, 0.25) is 0 Å². The molecule has 2 aromatic carbocycles. The number of hydrogen-bond acceptors (Lipinski definition) is 4. The first-order valence-corrected chi connectivity index (χ1v) is 8.55. The Morgan fingerprint density at radius 2 is 1.62 bits per heavy atom. The predicted molar refractivity (Wildman–Crippen MR) is 104 cm³/mol. The predicted octanol–water partition coefficient (Wildman–Crippen LogP) is 4.50. The zero-order valence-corrected chi connectivity index (χ0v) is 15.7. The number of fused-ring (bicyclic) bond motifs is 1. The zero-order valence-electron chi connectivity index (χ0n) is 15.7. The van der Waals surface area contributed by atoms with E-state index < -0.39 is 0 Å². The molecule has 5 heteroatoms. The summed E-state index contributed by atoms with van der Waals surface area (Å²) in [7, 11) is 0. The summed E-state index contributed by atoms with van der Waals surface area (Å²) in [6, 6.07) is 10.5. The van der Waals surface area contributed by atoms with Crippen LogP contribution in [-0.4, -0.2) is 21.0 Å². The van der Waals surface area contributed by atoms with E-state index in [2.05, 4.69) is 36.1 Å². The molecular formula is C21H23N3O2. The Kier molecular flexibility index (Phi) is 4.40. The number of nitrogens with one attached hydrogen (secondary N) is 1. The molecule has 0 aliphatic rings. The maximum atomic E-state index is 12.7. The number of aryl methyl sites for hydroxylation is 2. The van der Waals surface area contributed by atoms with E-state index in [0.717, 1.165) is 22.5 Å². The molecule has 0 aliphatic carbocycles. The Bertz CT molecular complexity index is 1000. The van der Waals surface area contributed by atoms with E-state index >= 15 is 0 Å². The van der Waals surface area contributed by atoms with E-state index in [9.17, 15) is 9.90 Å². The van der Waals surface area contributed by atoms with Crippen molar-refractivity contribution in [3.05, 3.63) is 58.9 Å². The first-order valence-electron chi connectivity index (χ1n) is 8.55. The van der Waals surface area contributed by atoms with Gasteiger partial charge in [-0.25, -0.2) is 9.97 Å². The van der Waals surface area contributed by atoms with E-state index in [1.54, 1.807) is 24.3 Å². The van der Waals surface area contributed by atoms with Crippen molar-refractivity contribution in [1.29, 1.82) is 0 Å². The third-order valence-electron chi connectivity index (χ3n) is 4.45. The van der Waals surface area contributed by atoms with Crippen LogP contribution in [0.3, 0.4) is 0 Å². The number of rotatable bonds is 2. The van der Waals surface area contributed by atoms with Crippen molar-refractivity contribution in [3.8, 4) is 5.75 Å². The lowest BCUT2D eigenvalue weighted by atomic mass is 9.87. The molecule has 0 bridgehead atoms. The van der Waals surface area contributed by atoms with Gasteiger partial charge in [0.25, 0.3) is 5.91 Å². The van der Waals surface area contributed by atoms with Gasteiger partial charge in [0.15, 0.2) is 0 Å². The number of aromatic nitrogens is 2. The number of amides is 1. The molecule has 1 heterocycles. The van der Waals surface area contributed by atoms with Crippen LogP contribution in [0.5, 0.6) is 5.75 Å². The summed E-state index contributed by atoms with van der Waals surface area (Å²) < 4.78 is 0. The largest absolute Gasteiger partial charge is 0.506 e. The molecule has 0 saturated heterocycles. The summed E-state index contributed by atoms with van der Waals surface area (Å²) in [6.45, 7) is 10.0. The first kappa shape index (κ1) is 17.9. The van der Waals surface area contributed by atoms with Gasteiger partial charge in [-0.1, -0.05) is 26.8 Å². The highest BCUT2D eigenvalue weighted by Crippen LogP contribution is 2.31. The highest BCUT2D eigenvalue weighted by Gasteiger charge is 2.17. The van der Waals surface area contributed by atoms with Gasteiger partial charge in [-0.2, -0.15) is 0 Å². The lowest BCUT2D eigenvalue weighted by Crippen LogP contribution is -2.15. The lowest BCUT2D eigenvalue weighted by molar-refractivity contribution is 0.102. The number of benzene rings is 2. The Labute approximate surface area is 153 Å². The number of anilines is 1. The van der Waals surface area contributed by atoms with Crippen molar-refractivity contribution in [2.45, 2.75) is 40.0 Å². The van der Waals surface area contributed by atoms with Gasteiger partial charge in [-0.05, 0) is 55.2 Å². The van der Waals surface area contributed by atoms with Crippen LogP contribution in [0.1, 0.15) is 48.1 Å². The van der Waals surface area contributed by atoms with Crippen LogP contribution in [-0.2, 0) is 5.41 Å². The third-order valence-corrected chi connectivity index (χ3v) is 4.45. The SMILES string of the molecule is Cc1nc2ccc(C(=O)Nc3cc(C(C)(C)C)ccc3O)cc2nc1C. The van der Waals surface area contributed by atoms with Crippen molar-refractivity contribution in [2.24, 2.45) is 0 Å². The average Bonchev–Trinajstić information content (AvgIpc) is 2.56. The van der Waals surface area contributed by atoms with Crippen molar-refractivity contribution < 1.29 is 9.90 Å². The van der Waals surface area contributed by atoms with Gasteiger partial charge in [-0.15, -0.1) is 0 Å². The van der Waals surface area contributed by atoms with Crippen molar-refractivity contribution in [1.82, 2.24) is 9.97 Å². The number of phenols is 1. The summed E-state index contributed by atoms with van der Waals surface area (Å²) in [6.07, 6.45) is 0. The Morgan fingerprint density at radius 3 is 2.27 bits per heavy atom. The highest BCUT2D eigenvalue weighted by atomic mass is 16.3. The molecule has 0 radical (unpaired) electrons. The maximum absolute atomic E-state index is 12.7. The second-order valence-electron chi connectivity index (χ2n) is 7.53. The molecule has 2 N–H and O–H groups in total. The van der Waals surface area contributed by atoms with Crippen LogP contribution < -0.4 is 5.32 Å². The molecule has 0 saturated carbocycles. The minimum absolute atomic E-state index is 0.0402. The molecule has 3 aromatic rings. The smallest absolute Gasteiger partial charge is 0.255 e. The number of hydrogen-bond donors (Lipinski definition) is 2. The zero-order chi connectivity index (χ0) is 19.1. The van der Waals surface area contributed by atoms with Gasteiger partial charge in [0, 0.05) is 5.56 Å². The Morgan fingerprint density at radius 1 is 0.962 bits per heavy atom. The third kappa shape index (κ3) is 3.52. The van der Waals surface area contributed by atoms with Crippen molar-refractivity contribution in [3.63, 3.8) is 0 Å². The molecule has 0 atom stereocenters. The summed E-state index contributed by atoms with van der Waals surface area (Å²) in [5.41, 5.74) is 4.95. The van der Waals surface area contributed by atoms with Gasteiger partial charge in [-0.3, -0.25) is 4.79 Å². The summed E-state index contributed by atoms with van der Waals surface area (Å²) in [5.74, 6) is -0.258. The summed E-state index contributed by atoms with van der Waals surface area (Å²) in [5, 5.41) is 12.9. The number of carbonyl (C=O) groups excluding carboxylic acids is 1. The molecule has 134 valence electrons. The minimum atomic E-state index is -0.298. The second kappa shape index (κ2) is 6.41. The van der Waals surface area contributed by atoms with Crippen molar-refractivity contribution in [2.75, 3.05) is 5.32 Å². The molecule has 26 heavy (non-hydrogen) atoms. The molecule has 0 unspecified atom stereocenters. The Balaban J connectivity index is 1.93. The van der Waals surface area contributed by atoms with Gasteiger partial charge in [0.1, 0.15) is 5.75 Å². The fraction of sp³-hybridized carbons (Fsp3) is 0.286. The monoisotopic (exact) mass is 349 g/mol. The van der Waals surface area contributed by atoms with Gasteiger partial charge < -0.3 is 10.4 Å². The van der Waals surface area contributed by atoms with Crippen LogP contribution >= 0.6 is 0 Å². The molecule has 5 nitrogen and oxygen atoms in total. The minimum Gasteiger partial charge on any atom is -0.506 e. The standard InChI is InChI=1S/C21H23N3O2/c1-12-13(2)23-17-10-14(6-8-16(17)22-12)20(26)24-18-11-15(21(3,4)5)7-9-19(18)25/h6-11,25H,1-5H3,(H,24,26). The van der Waals surface area contributed by atoms with Gasteiger partial charge in [0.05, 0.1) is 28.1 Å². The summed E-state index contributed by atoms with van der Waals surface area (Å²) >= 11 is 0. The average molecular weight is 349 g/mol. The fourth-order valence-corrected chi connectivity index (χ4v) is 2.67. The van der Waals surface area contributed by atoms with E-state index in [1.165, 1.54) is 0 Å². The fourth-order valence-electron chi connectivity index (χ4n) is 2.67. The number of phenolic OH excluding ortho intramolecular Hbond substituents is 1. The first-order chi connectivity index (χ1) is 12.1. The van der Waals surface area contributed by atoms with Crippen LogP contribution in [0.4, 0.5) is 5.69 Å². The van der Waals surface area contributed by atoms with Crippen molar-refractivity contribution >= 4 is 22.6 Å². The highest BCUT2D eigenvalue weighted by molar-refractivity contribution is 6.06. The molecule has 1 aromatic heterocycles. The number of nitrogens with zero attached hydrogens (tertiary/aromatic N) is 2. The molecule has 0 spiro atoms. The quantitative estimate of drug-likeness (QED) is 0.668. The Hall–Kier alpha value is -2.95. The lowest BCUT2D eigenvalue weighted by Gasteiger charge is -2.20. The van der Waals surface area contributed by atoms with Crippen LogP contribution in [0.25, 0.3) is 11.0 Å². The normalized spacial score (nSPS) is 11.6. The number of aromatic hydroxyl groups is 1. The topological polar surface area (TPSA) is 75.1 Å².